The van der Waals surface area contributed by atoms with Crippen LogP contribution in [-0.2, 0) is 22.6 Å². The van der Waals surface area contributed by atoms with Crippen LogP contribution in [0.25, 0.3) is 38.8 Å². The van der Waals surface area contributed by atoms with Crippen molar-refractivity contribution in [2.75, 3.05) is 80.7 Å². The Morgan fingerprint density at radius 1 is 0.940 bits per heavy atom. The van der Waals surface area contributed by atoms with E-state index >= 15 is 4.39 Å². The lowest BCUT2D eigenvalue weighted by molar-refractivity contribution is -0.131. The van der Waals surface area contributed by atoms with Gasteiger partial charge in [0.2, 0.25) is 5.91 Å². The normalized spacial score (nSPS) is 18.2. The summed E-state index contributed by atoms with van der Waals surface area (Å²) in [4.78, 5) is 73.3. The Bertz CT molecular complexity index is 3810. The van der Waals surface area contributed by atoms with E-state index in [9.17, 15) is 33.5 Å². The number of phenols is 1. The molecule has 4 aliphatic heterocycles. The third-order valence-electron chi connectivity index (χ3n) is 16.3. The van der Waals surface area contributed by atoms with E-state index in [1.54, 1.807) is 24.1 Å². The Labute approximate surface area is 489 Å². The molecule has 0 aliphatic carbocycles. The molecule has 0 spiro atoms. The topological polar surface area (TPSA) is 193 Å². The molecule has 3 atom stereocenters. The van der Waals surface area contributed by atoms with E-state index in [0.29, 0.717) is 80.8 Å². The highest BCUT2D eigenvalue weighted by Gasteiger charge is 2.36. The standard InChI is InChI=1S/C32H35ClFN7O2.C30H30F2N6O3/c1-21(34)31(42)41-17-16-40(18-23(41)11-13-35)30-25-12-15-39(28-10-4-7-22-6-3-9-26(33)29(22)28)19-27(25)36-32(37-30)43-20-24-8-5-14-38(24)2;1-6-24(40)36-12-13-37(17(4)15-36)28-20-14-22(32)26(25-21(31)8-7-9-23(25)39)34-29(20)38(30(41)35-28)27-18(5)33-11-10-19(27)16(2)3/h3-4,6-7,9-10,23-24H,1,5,8,11-12,14-20H2,2H3;6-11,14,16-17,39H,1,12-13,15H2,2-5H3. The number of hydrogen-bond donors (Lipinski definition) is 1. The number of rotatable bonds is 12. The van der Waals surface area contributed by atoms with E-state index in [4.69, 9.17) is 26.3 Å². The van der Waals surface area contributed by atoms with Gasteiger partial charge in [-0.2, -0.15) is 20.2 Å². The van der Waals surface area contributed by atoms with Gasteiger partial charge in [-0.1, -0.05) is 68.9 Å². The number of hydrogen-bond acceptors (Lipinski definition) is 15. The minimum Gasteiger partial charge on any atom is -0.507 e. The molecule has 8 heterocycles. The lowest BCUT2D eigenvalue weighted by atomic mass is 10.0. The molecule has 7 aromatic rings. The fraction of sp³-hybridized carbons (Fsp3) is 0.371. The number of carbonyl (C=O) groups excluding carboxylic acids is 2. The number of aryl methyl sites for hydroxylation is 1. The van der Waals surface area contributed by atoms with Crippen LogP contribution in [0.4, 0.5) is 30.5 Å². The molecule has 0 saturated carbocycles. The molecular formula is C62H65ClF3N13O5. The van der Waals surface area contributed by atoms with E-state index in [0.717, 1.165) is 77.2 Å². The maximum Gasteiger partial charge on any atom is 0.355 e. The molecule has 3 fully saturated rings. The number of likely N-dealkylation sites (N-methyl/N-ethyl adjacent to an activating group) is 1. The highest BCUT2D eigenvalue weighted by atomic mass is 35.5. The van der Waals surface area contributed by atoms with Gasteiger partial charge in [0, 0.05) is 80.7 Å². The Balaban J connectivity index is 0.000000187. The highest BCUT2D eigenvalue weighted by Crippen LogP contribution is 2.40. The van der Waals surface area contributed by atoms with Crippen LogP contribution in [0.15, 0.2) is 103 Å². The monoisotopic (exact) mass is 1160 g/mol. The number of anilines is 3. The molecule has 22 heteroatoms. The van der Waals surface area contributed by atoms with Crippen LogP contribution in [0.1, 0.15) is 68.5 Å². The number of fused-ring (bicyclic) bond motifs is 3. The Morgan fingerprint density at radius 3 is 2.42 bits per heavy atom. The maximum absolute atomic E-state index is 15.8. The zero-order chi connectivity index (χ0) is 59.7. The zero-order valence-corrected chi connectivity index (χ0v) is 48.3. The van der Waals surface area contributed by atoms with Crippen molar-refractivity contribution in [1.29, 1.82) is 5.26 Å². The number of carbonyl (C=O) groups is 2. The molecule has 0 bridgehead atoms. The van der Waals surface area contributed by atoms with Gasteiger partial charge in [-0.15, -0.1) is 0 Å². The first kappa shape index (κ1) is 58.6. The number of likely N-dealkylation sites (tertiary alicyclic amines) is 1. The van der Waals surface area contributed by atoms with Gasteiger partial charge in [-0.05, 0) is 106 Å². The van der Waals surface area contributed by atoms with Crippen molar-refractivity contribution in [3.8, 4) is 34.8 Å². The van der Waals surface area contributed by atoms with Gasteiger partial charge in [-0.25, -0.2) is 27.5 Å². The molecule has 3 unspecified atom stereocenters. The minimum atomic E-state index is -1.02. The molecule has 18 nitrogen and oxygen atoms in total. The van der Waals surface area contributed by atoms with Crippen molar-refractivity contribution >= 4 is 62.5 Å². The van der Waals surface area contributed by atoms with Crippen LogP contribution in [0.3, 0.4) is 0 Å². The number of amides is 2. The number of nitrogens with zero attached hydrogens (tertiary/aromatic N) is 13. The SMILES string of the molecule is C=C(F)C(=O)N1CCN(c2nc(OCC3CCCN3C)nc3c2CCN(c2cccc4cccc(Cl)c24)C3)CC1CC#N.C=CC(=O)N1CCN(c2nc(=O)n(-c3c(C(C)C)ccnc3C)c3nc(-c4c(O)cccc4F)c(F)cc23)C(C)C1. The summed E-state index contributed by atoms with van der Waals surface area (Å²) in [5.41, 5.74) is 3.23. The molecule has 0 radical (unpaired) electrons. The first-order chi connectivity index (χ1) is 40.4. The fourth-order valence-electron chi connectivity index (χ4n) is 12.0. The third kappa shape index (κ3) is 11.6. The summed E-state index contributed by atoms with van der Waals surface area (Å²) in [7, 11) is 2.11. The molecule has 4 aliphatic rings. The first-order valence-electron chi connectivity index (χ1n) is 28.0. The molecule has 1 N–H and O–H groups in total. The minimum absolute atomic E-state index is 0.0145. The van der Waals surface area contributed by atoms with Gasteiger partial charge in [0.15, 0.2) is 17.3 Å². The highest BCUT2D eigenvalue weighted by molar-refractivity contribution is 6.36. The molecule has 2 amide bonds. The first-order valence-corrected chi connectivity index (χ1v) is 28.4. The lowest BCUT2D eigenvalue weighted by Crippen LogP contribution is -2.55. The van der Waals surface area contributed by atoms with Crippen LogP contribution < -0.4 is 25.1 Å². The summed E-state index contributed by atoms with van der Waals surface area (Å²) in [6.45, 7) is 19.2. The number of aromatic hydroxyl groups is 1. The zero-order valence-electron chi connectivity index (χ0n) is 47.5. The van der Waals surface area contributed by atoms with Crippen LogP contribution in [-0.4, -0.2) is 145 Å². The van der Waals surface area contributed by atoms with E-state index in [1.807, 2.05) is 43.9 Å². The van der Waals surface area contributed by atoms with Gasteiger partial charge < -0.3 is 39.2 Å². The molecule has 11 rings (SSSR count). The van der Waals surface area contributed by atoms with Crippen molar-refractivity contribution in [2.24, 2.45) is 0 Å². The summed E-state index contributed by atoms with van der Waals surface area (Å²) in [6.07, 6.45) is 5.87. The van der Waals surface area contributed by atoms with E-state index in [1.165, 1.54) is 27.7 Å². The number of ether oxygens (including phenoxy) is 1. The second-order valence-corrected chi connectivity index (χ2v) is 22.3. The van der Waals surface area contributed by atoms with Crippen LogP contribution >= 0.6 is 11.6 Å². The van der Waals surface area contributed by atoms with Crippen LogP contribution in [0.5, 0.6) is 11.8 Å². The number of halogens is 4. The molecule has 4 aromatic heterocycles. The van der Waals surface area contributed by atoms with Crippen molar-refractivity contribution in [1.82, 2.24) is 44.2 Å². The Morgan fingerprint density at radius 2 is 1.71 bits per heavy atom. The van der Waals surface area contributed by atoms with Gasteiger partial charge in [0.25, 0.3) is 5.91 Å². The van der Waals surface area contributed by atoms with Gasteiger partial charge in [-0.3, -0.25) is 14.6 Å². The number of phenolic OH excluding ortho intramolecular Hbond substituents is 1. The van der Waals surface area contributed by atoms with Crippen molar-refractivity contribution in [3.63, 3.8) is 0 Å². The maximum atomic E-state index is 15.8. The molecule has 3 aromatic carbocycles. The largest absolute Gasteiger partial charge is 0.507 e. The number of benzene rings is 3. The number of pyridine rings is 2. The summed E-state index contributed by atoms with van der Waals surface area (Å²) in [5.74, 6) is -3.30. The summed E-state index contributed by atoms with van der Waals surface area (Å²) < 4.78 is 52.0. The van der Waals surface area contributed by atoms with Crippen molar-refractivity contribution in [2.45, 2.75) is 84.0 Å². The average Bonchev–Trinajstić information content (AvgIpc) is 1.12. The molecule has 3 saturated heterocycles. The second-order valence-electron chi connectivity index (χ2n) is 21.9. The number of aromatic nitrogens is 6. The number of nitriles is 1. The Kier molecular flexibility index (Phi) is 17.2. The van der Waals surface area contributed by atoms with E-state index in [-0.39, 0.29) is 47.7 Å². The molecule has 436 valence electrons. The quantitative estimate of drug-likeness (QED) is 0.114. The van der Waals surface area contributed by atoms with E-state index in [2.05, 4.69) is 74.1 Å². The second kappa shape index (κ2) is 24.7. The smallest absolute Gasteiger partial charge is 0.355 e. The average molecular weight is 1160 g/mol. The number of piperazine rings is 2. The molecule has 84 heavy (non-hydrogen) atoms. The van der Waals surface area contributed by atoms with Crippen molar-refractivity contribution in [3.05, 3.63) is 148 Å². The van der Waals surface area contributed by atoms with Gasteiger partial charge in [0.1, 0.15) is 35.5 Å². The summed E-state index contributed by atoms with van der Waals surface area (Å²) >= 11 is 6.68. The Hall–Kier alpha value is -8.61. The lowest BCUT2D eigenvalue weighted by Gasteiger charge is -2.42. The fourth-order valence-corrected chi connectivity index (χ4v) is 12.2. The summed E-state index contributed by atoms with van der Waals surface area (Å²) in [5, 5.41) is 22.9. The summed E-state index contributed by atoms with van der Waals surface area (Å²) in [6, 6.07) is 20.8. The van der Waals surface area contributed by atoms with Crippen LogP contribution in [0.2, 0.25) is 5.02 Å². The van der Waals surface area contributed by atoms with E-state index < -0.39 is 52.1 Å². The van der Waals surface area contributed by atoms with Gasteiger partial charge in [0.05, 0.1) is 58.1 Å². The van der Waals surface area contributed by atoms with Crippen molar-refractivity contribution < 1.29 is 32.6 Å². The van der Waals surface area contributed by atoms with Crippen LogP contribution in [0, 0.1) is 29.9 Å². The third-order valence-corrected chi connectivity index (χ3v) is 16.6. The molecular weight excluding hydrogens is 1100 g/mol. The van der Waals surface area contributed by atoms with Gasteiger partial charge >= 0.3 is 11.7 Å². The predicted octanol–water partition coefficient (Wildman–Crippen LogP) is 9.21. The predicted molar refractivity (Wildman–Crippen MR) is 317 cm³/mol.